The van der Waals surface area contributed by atoms with Crippen LogP contribution in [0.2, 0.25) is 5.02 Å². The zero-order valence-electron chi connectivity index (χ0n) is 19.1. The van der Waals surface area contributed by atoms with E-state index in [0.717, 1.165) is 16.8 Å². The van der Waals surface area contributed by atoms with Crippen molar-refractivity contribution in [1.82, 2.24) is 5.32 Å². The Labute approximate surface area is 208 Å². The maximum Gasteiger partial charge on any atom is 0.254 e. The highest BCUT2D eigenvalue weighted by Gasteiger charge is 2.40. The van der Waals surface area contributed by atoms with Crippen LogP contribution in [0.3, 0.4) is 0 Å². The second-order valence-electron chi connectivity index (χ2n) is 8.94. The summed E-state index contributed by atoms with van der Waals surface area (Å²) in [6.07, 6.45) is 1.06. The van der Waals surface area contributed by atoms with Crippen LogP contribution < -0.4 is 10.6 Å². The molecule has 0 saturated carbocycles. The summed E-state index contributed by atoms with van der Waals surface area (Å²) in [6.45, 7) is 1.85. The van der Waals surface area contributed by atoms with E-state index < -0.39 is 5.92 Å². The molecule has 1 aliphatic heterocycles. The van der Waals surface area contributed by atoms with Crippen molar-refractivity contribution < 1.29 is 14.0 Å². The summed E-state index contributed by atoms with van der Waals surface area (Å²) in [7, 11) is 0. The first-order chi connectivity index (χ1) is 16.9. The molecule has 2 atom stereocenters. The van der Waals surface area contributed by atoms with E-state index >= 15 is 0 Å². The topological polar surface area (TPSA) is 58.2 Å². The third-order valence-corrected chi connectivity index (χ3v) is 6.90. The van der Waals surface area contributed by atoms with Crippen LogP contribution in [0.15, 0.2) is 101 Å². The lowest BCUT2D eigenvalue weighted by atomic mass is 9.71. The highest BCUT2D eigenvalue weighted by Crippen LogP contribution is 2.45. The van der Waals surface area contributed by atoms with Gasteiger partial charge in [-0.2, -0.15) is 0 Å². The summed E-state index contributed by atoms with van der Waals surface area (Å²) in [4.78, 5) is 27.1. The Morgan fingerprint density at radius 1 is 0.943 bits per heavy atom. The molecule has 0 aromatic heterocycles. The predicted molar refractivity (Wildman–Crippen MR) is 136 cm³/mol. The lowest BCUT2D eigenvalue weighted by Crippen LogP contribution is -2.37. The number of anilines is 1. The number of allylic oxidation sites excluding steroid dienone is 3. The third kappa shape index (κ3) is 4.64. The van der Waals surface area contributed by atoms with Crippen molar-refractivity contribution in [2.75, 3.05) is 5.32 Å². The van der Waals surface area contributed by atoms with E-state index in [1.807, 2.05) is 49.4 Å². The Hall–Kier alpha value is -3.70. The number of ketones is 1. The fraction of sp³-hybridized carbons (Fsp3) is 0.172. The number of carbonyl (C=O) groups is 2. The molecule has 4 nitrogen and oxygen atoms in total. The first-order valence-corrected chi connectivity index (χ1v) is 11.9. The molecule has 0 radical (unpaired) electrons. The molecule has 35 heavy (non-hydrogen) atoms. The smallest absolute Gasteiger partial charge is 0.254 e. The Bertz CT molecular complexity index is 1350. The zero-order valence-corrected chi connectivity index (χ0v) is 19.9. The van der Waals surface area contributed by atoms with E-state index in [-0.39, 0.29) is 23.4 Å². The van der Waals surface area contributed by atoms with E-state index in [1.54, 1.807) is 12.1 Å². The maximum absolute atomic E-state index is 13.6. The molecule has 2 aliphatic rings. The van der Waals surface area contributed by atoms with Crippen molar-refractivity contribution in [3.8, 4) is 0 Å². The molecule has 1 heterocycles. The molecular weight excluding hydrogens is 463 g/mol. The number of nitrogens with one attached hydrogen (secondary N) is 2. The molecule has 0 saturated heterocycles. The molecule has 0 bridgehead atoms. The average Bonchev–Trinajstić information content (AvgIpc) is 2.85. The molecule has 5 rings (SSSR count). The van der Waals surface area contributed by atoms with Gasteiger partial charge in [-0.05, 0) is 66.8 Å². The van der Waals surface area contributed by atoms with Crippen molar-refractivity contribution in [1.29, 1.82) is 0 Å². The van der Waals surface area contributed by atoms with Crippen LogP contribution in [0, 0.1) is 5.82 Å². The number of halogens is 2. The number of benzene rings is 3. The standard InChI is InChI=1S/C29H24ClFN2O2/c1-17-26(29(35)33-23-13-11-22(31)12-14-23)27(19-7-9-21(30)10-8-19)28-24(32-17)15-20(16-25(28)34)18-5-3-2-4-6-18/h2-14,20,27,32H,15-16H2,1H3,(H,33,35). The first-order valence-electron chi connectivity index (χ1n) is 11.5. The van der Waals surface area contributed by atoms with Crippen LogP contribution in [0.4, 0.5) is 10.1 Å². The van der Waals surface area contributed by atoms with Gasteiger partial charge in [0.05, 0.1) is 0 Å². The molecule has 0 fully saturated rings. The van der Waals surface area contributed by atoms with Crippen LogP contribution in [0.5, 0.6) is 0 Å². The van der Waals surface area contributed by atoms with E-state index in [9.17, 15) is 14.0 Å². The van der Waals surface area contributed by atoms with Gasteiger partial charge in [0, 0.05) is 45.6 Å². The second-order valence-corrected chi connectivity index (χ2v) is 9.38. The van der Waals surface area contributed by atoms with Crippen LogP contribution in [0.1, 0.15) is 42.7 Å². The van der Waals surface area contributed by atoms with Gasteiger partial charge >= 0.3 is 0 Å². The Balaban J connectivity index is 1.55. The van der Waals surface area contributed by atoms with Gasteiger partial charge in [-0.3, -0.25) is 9.59 Å². The molecule has 1 aliphatic carbocycles. The highest BCUT2D eigenvalue weighted by atomic mass is 35.5. The van der Waals surface area contributed by atoms with Gasteiger partial charge in [-0.15, -0.1) is 0 Å². The number of dihydropyridines is 1. The van der Waals surface area contributed by atoms with Crippen molar-refractivity contribution in [3.05, 3.63) is 123 Å². The normalized spacial score (nSPS) is 19.8. The molecule has 3 aromatic rings. The molecule has 2 unspecified atom stereocenters. The minimum absolute atomic E-state index is 0.0205. The van der Waals surface area contributed by atoms with Crippen molar-refractivity contribution in [2.45, 2.75) is 31.6 Å². The number of hydrogen-bond acceptors (Lipinski definition) is 3. The zero-order chi connectivity index (χ0) is 24.5. The summed E-state index contributed by atoms with van der Waals surface area (Å²) >= 11 is 6.14. The van der Waals surface area contributed by atoms with Gasteiger partial charge in [0.1, 0.15) is 5.82 Å². The number of amides is 1. The number of carbonyl (C=O) groups excluding carboxylic acids is 2. The highest BCUT2D eigenvalue weighted by molar-refractivity contribution is 6.30. The van der Waals surface area contributed by atoms with Crippen LogP contribution in [-0.4, -0.2) is 11.7 Å². The number of rotatable bonds is 4. The lowest BCUT2D eigenvalue weighted by Gasteiger charge is -2.37. The Morgan fingerprint density at radius 3 is 2.31 bits per heavy atom. The van der Waals surface area contributed by atoms with Crippen molar-refractivity contribution in [3.63, 3.8) is 0 Å². The Kier molecular flexibility index (Phi) is 6.27. The summed E-state index contributed by atoms with van der Waals surface area (Å²) in [5.74, 6) is -1.16. The van der Waals surface area contributed by atoms with Gasteiger partial charge in [0.15, 0.2) is 5.78 Å². The average molecular weight is 487 g/mol. The summed E-state index contributed by atoms with van der Waals surface area (Å²) in [6, 6.07) is 22.9. The van der Waals surface area contributed by atoms with Crippen molar-refractivity contribution >= 4 is 29.0 Å². The lowest BCUT2D eigenvalue weighted by molar-refractivity contribution is -0.116. The summed E-state index contributed by atoms with van der Waals surface area (Å²) < 4.78 is 13.4. The molecule has 176 valence electrons. The fourth-order valence-electron chi connectivity index (χ4n) is 5.02. The minimum Gasteiger partial charge on any atom is -0.362 e. The predicted octanol–water partition coefficient (Wildman–Crippen LogP) is 6.48. The monoisotopic (exact) mass is 486 g/mol. The molecular formula is C29H24ClFN2O2. The molecule has 3 aromatic carbocycles. The second kappa shape index (κ2) is 9.51. The van der Waals surface area contributed by atoms with Crippen LogP contribution >= 0.6 is 11.6 Å². The molecule has 0 spiro atoms. The number of Topliss-reactive ketones (excluding diaryl/α,β-unsaturated/α-hetero) is 1. The fourth-order valence-corrected chi connectivity index (χ4v) is 5.15. The summed E-state index contributed by atoms with van der Waals surface area (Å²) in [5.41, 5.74) is 5.04. The van der Waals surface area contributed by atoms with Crippen molar-refractivity contribution in [2.24, 2.45) is 0 Å². The largest absolute Gasteiger partial charge is 0.362 e. The molecule has 2 N–H and O–H groups in total. The minimum atomic E-state index is -0.534. The van der Waals surface area contributed by atoms with E-state index in [0.29, 0.717) is 40.4 Å². The van der Waals surface area contributed by atoms with E-state index in [4.69, 9.17) is 11.6 Å². The van der Waals surface area contributed by atoms with Gasteiger partial charge in [0.2, 0.25) is 0 Å². The van der Waals surface area contributed by atoms with Gasteiger partial charge in [-0.25, -0.2) is 4.39 Å². The SMILES string of the molecule is CC1=C(C(=O)Nc2ccc(F)cc2)C(c2ccc(Cl)cc2)C2=C(CC(c3ccccc3)CC2=O)N1. The van der Waals surface area contributed by atoms with Gasteiger partial charge in [0.25, 0.3) is 5.91 Å². The van der Waals surface area contributed by atoms with E-state index in [2.05, 4.69) is 10.6 Å². The molecule has 1 amide bonds. The van der Waals surface area contributed by atoms with Gasteiger partial charge in [-0.1, -0.05) is 54.1 Å². The summed E-state index contributed by atoms with van der Waals surface area (Å²) in [5, 5.41) is 6.82. The quantitative estimate of drug-likeness (QED) is 0.443. The van der Waals surface area contributed by atoms with Crippen LogP contribution in [-0.2, 0) is 9.59 Å². The first kappa shape index (κ1) is 23.1. The van der Waals surface area contributed by atoms with E-state index in [1.165, 1.54) is 24.3 Å². The van der Waals surface area contributed by atoms with Gasteiger partial charge < -0.3 is 10.6 Å². The Morgan fingerprint density at radius 2 is 1.63 bits per heavy atom. The molecule has 6 heteroatoms. The maximum atomic E-state index is 13.6. The number of hydrogen-bond donors (Lipinski definition) is 2. The van der Waals surface area contributed by atoms with Crippen LogP contribution in [0.25, 0.3) is 0 Å². The third-order valence-electron chi connectivity index (χ3n) is 6.65.